The van der Waals surface area contributed by atoms with Crippen molar-refractivity contribution in [3.8, 4) is 0 Å². The number of thiazole rings is 1. The molecule has 0 saturated heterocycles. The molecule has 1 amide bonds. The van der Waals surface area contributed by atoms with Gasteiger partial charge in [0.1, 0.15) is 5.01 Å². The number of nitrogens with one attached hydrogen (secondary N) is 2. The van der Waals surface area contributed by atoms with Crippen LogP contribution in [0.2, 0.25) is 0 Å². The number of aryl methyl sites for hydroxylation is 1. The number of hydrogen-bond acceptors (Lipinski definition) is 4. The lowest BCUT2D eigenvalue weighted by Crippen LogP contribution is -2.46. The maximum Gasteiger partial charge on any atom is 0.424 e. The van der Waals surface area contributed by atoms with Crippen molar-refractivity contribution in [1.29, 1.82) is 0 Å². The lowest BCUT2D eigenvalue weighted by Gasteiger charge is -2.27. The van der Waals surface area contributed by atoms with Crippen LogP contribution in [0.3, 0.4) is 0 Å². The first-order valence-corrected chi connectivity index (χ1v) is 8.62. The summed E-state index contributed by atoms with van der Waals surface area (Å²) in [5.74, 6) is -0.920. The molecule has 5 nitrogen and oxygen atoms in total. The summed E-state index contributed by atoms with van der Waals surface area (Å²) in [5.41, 5.74) is -1.44. The fraction of sp³-hybridized carbons (Fsp3) is 0.294. The molecule has 2 aromatic heterocycles. The van der Waals surface area contributed by atoms with Crippen molar-refractivity contribution < 1.29 is 23.1 Å². The molecule has 1 aromatic carbocycles. The summed E-state index contributed by atoms with van der Waals surface area (Å²) in [6.07, 6.45) is -6.17. The van der Waals surface area contributed by atoms with Gasteiger partial charge >= 0.3 is 6.18 Å². The van der Waals surface area contributed by atoms with Crippen molar-refractivity contribution in [2.45, 2.75) is 31.7 Å². The van der Waals surface area contributed by atoms with Gasteiger partial charge in [-0.2, -0.15) is 13.2 Å². The summed E-state index contributed by atoms with van der Waals surface area (Å²) in [5, 5.41) is 14.4. The van der Waals surface area contributed by atoms with Crippen LogP contribution >= 0.6 is 11.3 Å². The van der Waals surface area contributed by atoms with Crippen molar-refractivity contribution in [2.75, 3.05) is 0 Å². The molecule has 0 unspecified atom stereocenters. The Kier molecular flexibility index (Phi) is 4.76. The third-order valence-corrected chi connectivity index (χ3v) is 5.03. The van der Waals surface area contributed by atoms with Gasteiger partial charge in [0.2, 0.25) is 11.5 Å². The molecular weight excluding hydrogens is 367 g/mol. The molecule has 1 atom stereocenters. The quantitative estimate of drug-likeness (QED) is 0.632. The SMILES string of the molecule is Cc1csc([C@@](O)(CC(=O)NCc2cc3ccccc3[nH]2)C(F)(F)F)n1. The molecule has 138 valence electrons. The van der Waals surface area contributed by atoms with Crippen LogP contribution in [-0.2, 0) is 16.9 Å². The van der Waals surface area contributed by atoms with Crippen LogP contribution < -0.4 is 5.32 Å². The Morgan fingerprint density at radius 2 is 2.08 bits per heavy atom. The fourth-order valence-corrected chi connectivity index (χ4v) is 3.47. The van der Waals surface area contributed by atoms with Crippen LogP contribution in [-0.4, -0.2) is 27.2 Å². The average molecular weight is 383 g/mol. The highest BCUT2D eigenvalue weighted by Gasteiger charge is 2.58. The zero-order chi connectivity index (χ0) is 18.9. The van der Waals surface area contributed by atoms with Crippen LogP contribution in [0.1, 0.15) is 22.8 Å². The van der Waals surface area contributed by atoms with Gasteiger partial charge in [-0.05, 0) is 24.4 Å². The molecule has 0 radical (unpaired) electrons. The van der Waals surface area contributed by atoms with E-state index in [1.807, 2.05) is 24.3 Å². The van der Waals surface area contributed by atoms with Crippen LogP contribution in [0.4, 0.5) is 13.2 Å². The van der Waals surface area contributed by atoms with E-state index < -0.39 is 29.1 Å². The van der Waals surface area contributed by atoms with Gasteiger partial charge < -0.3 is 15.4 Å². The smallest absolute Gasteiger partial charge is 0.374 e. The number of fused-ring (bicyclic) bond motifs is 1. The summed E-state index contributed by atoms with van der Waals surface area (Å²) in [7, 11) is 0. The Balaban J connectivity index is 1.72. The van der Waals surface area contributed by atoms with Gasteiger partial charge in [-0.3, -0.25) is 4.79 Å². The summed E-state index contributed by atoms with van der Waals surface area (Å²) >= 11 is 0.676. The second-order valence-corrected chi connectivity index (χ2v) is 6.85. The largest absolute Gasteiger partial charge is 0.424 e. The third-order valence-electron chi connectivity index (χ3n) is 3.92. The summed E-state index contributed by atoms with van der Waals surface area (Å²) < 4.78 is 40.2. The number of carbonyl (C=O) groups excluding carboxylic acids is 1. The lowest BCUT2D eigenvalue weighted by molar-refractivity contribution is -0.267. The normalized spacial score (nSPS) is 14.3. The van der Waals surface area contributed by atoms with E-state index in [0.717, 1.165) is 10.9 Å². The topological polar surface area (TPSA) is 78.0 Å². The number of aromatic amines is 1. The van der Waals surface area contributed by atoms with E-state index in [2.05, 4.69) is 15.3 Å². The van der Waals surface area contributed by atoms with E-state index in [4.69, 9.17) is 0 Å². The number of nitrogens with zero attached hydrogens (tertiary/aromatic N) is 1. The molecule has 0 saturated carbocycles. The van der Waals surface area contributed by atoms with Crippen LogP contribution in [0.25, 0.3) is 10.9 Å². The number of halogens is 3. The molecule has 0 bridgehead atoms. The maximum absolute atomic E-state index is 13.4. The Hall–Kier alpha value is -2.39. The van der Waals surface area contributed by atoms with Crippen molar-refractivity contribution in [3.63, 3.8) is 0 Å². The minimum Gasteiger partial charge on any atom is -0.374 e. The molecule has 0 aliphatic heterocycles. The summed E-state index contributed by atoms with van der Waals surface area (Å²) in [6.45, 7) is 1.55. The van der Waals surface area contributed by atoms with Crippen molar-refractivity contribution in [2.24, 2.45) is 0 Å². The molecule has 3 aromatic rings. The number of H-pyrrole nitrogens is 1. The van der Waals surface area contributed by atoms with E-state index in [1.165, 1.54) is 12.3 Å². The van der Waals surface area contributed by atoms with Gasteiger partial charge in [0.25, 0.3) is 0 Å². The Bertz CT molecular complexity index is 902. The Labute approximate surface area is 150 Å². The van der Waals surface area contributed by atoms with Crippen LogP contribution in [0.15, 0.2) is 35.7 Å². The van der Waals surface area contributed by atoms with Crippen molar-refractivity contribution in [1.82, 2.24) is 15.3 Å². The molecule has 0 fully saturated rings. The first kappa shape index (κ1) is 18.4. The van der Waals surface area contributed by atoms with Crippen molar-refractivity contribution >= 4 is 28.1 Å². The monoisotopic (exact) mass is 383 g/mol. The predicted molar refractivity (Wildman–Crippen MR) is 91.6 cm³/mol. The molecule has 0 spiro atoms. The average Bonchev–Trinajstić information content (AvgIpc) is 3.17. The molecule has 2 heterocycles. The van der Waals surface area contributed by atoms with Crippen molar-refractivity contribution in [3.05, 3.63) is 52.1 Å². The molecule has 9 heteroatoms. The zero-order valence-corrected chi connectivity index (χ0v) is 14.5. The Morgan fingerprint density at radius 3 is 2.69 bits per heavy atom. The highest BCUT2D eigenvalue weighted by Crippen LogP contribution is 2.42. The van der Waals surface area contributed by atoms with Crippen LogP contribution in [0, 0.1) is 6.92 Å². The molecule has 3 rings (SSSR count). The van der Waals surface area contributed by atoms with Gasteiger partial charge in [-0.15, -0.1) is 11.3 Å². The second kappa shape index (κ2) is 6.73. The number of hydrogen-bond donors (Lipinski definition) is 3. The highest BCUT2D eigenvalue weighted by molar-refractivity contribution is 7.09. The maximum atomic E-state index is 13.4. The first-order valence-electron chi connectivity index (χ1n) is 7.74. The number of alkyl halides is 3. The molecule has 0 aliphatic carbocycles. The van der Waals surface area contributed by atoms with E-state index in [9.17, 15) is 23.1 Å². The number of benzene rings is 1. The highest BCUT2D eigenvalue weighted by atomic mass is 32.1. The van der Waals surface area contributed by atoms with E-state index in [-0.39, 0.29) is 6.54 Å². The first-order chi connectivity index (χ1) is 12.2. The number of rotatable bonds is 5. The van der Waals surface area contributed by atoms with E-state index in [0.29, 0.717) is 22.7 Å². The van der Waals surface area contributed by atoms with E-state index >= 15 is 0 Å². The number of para-hydroxylation sites is 1. The van der Waals surface area contributed by atoms with E-state index in [1.54, 1.807) is 6.07 Å². The number of aromatic nitrogens is 2. The standard InChI is InChI=1S/C17H16F3N3O2S/c1-10-9-26-15(22-10)16(25,17(18,19)20)7-14(24)21-8-12-6-11-4-2-3-5-13(11)23-12/h2-6,9,23,25H,7-8H2,1H3,(H,21,24)/t16-/m0/s1. The molecule has 3 N–H and O–H groups in total. The lowest BCUT2D eigenvalue weighted by atomic mass is 9.99. The van der Waals surface area contributed by atoms with Gasteiger partial charge in [0.15, 0.2) is 0 Å². The molecule has 0 aliphatic rings. The fourth-order valence-electron chi connectivity index (χ4n) is 2.56. The molecular formula is C17H16F3N3O2S. The number of amides is 1. The molecule has 26 heavy (non-hydrogen) atoms. The summed E-state index contributed by atoms with van der Waals surface area (Å²) in [6, 6.07) is 9.24. The number of aliphatic hydroxyl groups is 1. The van der Waals surface area contributed by atoms with Gasteiger partial charge in [0.05, 0.1) is 13.0 Å². The number of carbonyl (C=O) groups is 1. The van der Waals surface area contributed by atoms with Crippen LogP contribution in [0.5, 0.6) is 0 Å². The minimum absolute atomic E-state index is 0.0261. The summed E-state index contributed by atoms with van der Waals surface area (Å²) in [4.78, 5) is 18.8. The third kappa shape index (κ3) is 3.58. The minimum atomic E-state index is -5.02. The van der Waals surface area contributed by atoms with Gasteiger partial charge in [-0.25, -0.2) is 4.98 Å². The Morgan fingerprint density at radius 1 is 1.35 bits per heavy atom. The van der Waals surface area contributed by atoms with Gasteiger partial charge in [0, 0.05) is 22.3 Å². The predicted octanol–water partition coefficient (Wildman–Crippen LogP) is 3.39. The second-order valence-electron chi connectivity index (χ2n) is 5.99. The van der Waals surface area contributed by atoms with Gasteiger partial charge in [-0.1, -0.05) is 18.2 Å². The zero-order valence-electron chi connectivity index (χ0n) is 13.7.